The highest BCUT2D eigenvalue weighted by atomic mass is 35.5. The summed E-state index contributed by atoms with van der Waals surface area (Å²) in [6.07, 6.45) is 1.52. The van der Waals surface area contributed by atoms with Crippen molar-refractivity contribution in [1.29, 1.82) is 0 Å². The van der Waals surface area contributed by atoms with Gasteiger partial charge in [-0.2, -0.15) is 0 Å². The van der Waals surface area contributed by atoms with Crippen molar-refractivity contribution in [1.82, 2.24) is 4.90 Å². The summed E-state index contributed by atoms with van der Waals surface area (Å²) in [4.78, 5) is 1.87. The topological polar surface area (TPSA) is 23.5 Å². The lowest BCUT2D eigenvalue weighted by Crippen LogP contribution is -2.31. The van der Waals surface area contributed by atoms with Crippen LogP contribution in [0.4, 0.5) is 8.78 Å². The molecule has 0 aromatic heterocycles. The zero-order valence-corrected chi connectivity index (χ0v) is 12.8. The van der Waals surface area contributed by atoms with Crippen molar-refractivity contribution >= 4 is 11.6 Å². The van der Waals surface area contributed by atoms with E-state index in [1.165, 1.54) is 12.1 Å². The largest absolute Gasteiger partial charge is 0.508 e. The average Bonchev–Trinajstić information content (AvgIpc) is 2.44. The van der Waals surface area contributed by atoms with E-state index in [-0.39, 0.29) is 36.3 Å². The molecule has 2 rings (SSSR count). The van der Waals surface area contributed by atoms with Crippen molar-refractivity contribution in [3.05, 3.63) is 52.1 Å². The number of phenols is 1. The maximum Gasteiger partial charge on any atom is 0.116 e. The smallest absolute Gasteiger partial charge is 0.116 e. The first-order valence-electron chi connectivity index (χ1n) is 6.80. The van der Waals surface area contributed by atoms with Gasteiger partial charge in [0.1, 0.15) is 17.4 Å². The minimum Gasteiger partial charge on any atom is -0.508 e. The van der Waals surface area contributed by atoms with Gasteiger partial charge < -0.3 is 5.11 Å². The van der Waals surface area contributed by atoms with Crippen LogP contribution in [0.15, 0.2) is 41.5 Å². The number of allylic oxidation sites excluding steroid dienone is 2. The molecule has 0 fully saturated rings. The molecule has 1 aromatic rings. The number of aromatic hydroxyl groups is 1. The van der Waals surface area contributed by atoms with Gasteiger partial charge in [0, 0.05) is 36.0 Å². The van der Waals surface area contributed by atoms with Crippen molar-refractivity contribution < 1.29 is 13.9 Å². The predicted octanol–water partition coefficient (Wildman–Crippen LogP) is 4.74. The molecule has 1 atom stereocenters. The molecule has 1 aliphatic rings. The molecule has 0 amide bonds. The maximum atomic E-state index is 13.9. The average molecular weight is 314 g/mol. The Labute approximate surface area is 128 Å². The molecule has 1 N–H and O–H groups in total. The van der Waals surface area contributed by atoms with Gasteiger partial charge in [0.05, 0.1) is 0 Å². The van der Waals surface area contributed by atoms with Gasteiger partial charge in [0.2, 0.25) is 0 Å². The fourth-order valence-electron chi connectivity index (χ4n) is 2.37. The van der Waals surface area contributed by atoms with Crippen LogP contribution in [0.25, 0.3) is 0 Å². The van der Waals surface area contributed by atoms with E-state index in [0.717, 1.165) is 5.56 Å². The summed E-state index contributed by atoms with van der Waals surface area (Å²) in [6, 6.07) is 4.42. The summed E-state index contributed by atoms with van der Waals surface area (Å²) in [7, 11) is 1.81. The molecule has 1 aliphatic carbocycles. The molecule has 21 heavy (non-hydrogen) atoms. The van der Waals surface area contributed by atoms with Gasteiger partial charge in [-0.1, -0.05) is 11.6 Å². The first-order chi connectivity index (χ1) is 9.88. The van der Waals surface area contributed by atoms with Crippen LogP contribution in [0.3, 0.4) is 0 Å². The van der Waals surface area contributed by atoms with Crippen LogP contribution in [0.5, 0.6) is 5.75 Å². The molecule has 0 saturated carbocycles. The number of halogens is 3. The molecule has 114 valence electrons. The van der Waals surface area contributed by atoms with Crippen molar-refractivity contribution in [2.75, 3.05) is 7.05 Å². The zero-order chi connectivity index (χ0) is 15.6. The lowest BCUT2D eigenvalue weighted by atomic mass is 9.98. The van der Waals surface area contributed by atoms with Crippen LogP contribution in [-0.4, -0.2) is 23.1 Å². The van der Waals surface area contributed by atoms with Crippen LogP contribution in [-0.2, 0) is 6.54 Å². The normalized spacial score (nSPS) is 17.1. The van der Waals surface area contributed by atoms with Gasteiger partial charge >= 0.3 is 0 Å². The van der Waals surface area contributed by atoms with Crippen LogP contribution in [0.1, 0.15) is 25.3 Å². The molecule has 0 spiro atoms. The molecule has 5 heteroatoms. The number of benzene rings is 1. The Kier molecular flexibility index (Phi) is 5.01. The fourth-order valence-corrected chi connectivity index (χ4v) is 2.54. The third-order valence-corrected chi connectivity index (χ3v) is 4.14. The molecule has 0 radical (unpaired) electrons. The second-order valence-electron chi connectivity index (χ2n) is 5.32. The summed E-state index contributed by atoms with van der Waals surface area (Å²) in [5, 5.41) is 10.0. The second kappa shape index (κ2) is 6.58. The molecule has 0 aliphatic heterocycles. The van der Waals surface area contributed by atoms with Gasteiger partial charge in [-0.05, 0) is 43.8 Å². The third kappa shape index (κ3) is 3.83. The Balaban J connectivity index is 2.16. The minimum absolute atomic E-state index is 0.114. The van der Waals surface area contributed by atoms with E-state index in [0.29, 0.717) is 17.1 Å². The van der Waals surface area contributed by atoms with Gasteiger partial charge in [-0.25, -0.2) is 8.78 Å². The van der Waals surface area contributed by atoms with E-state index in [1.54, 1.807) is 12.1 Å². The summed E-state index contributed by atoms with van der Waals surface area (Å²) in [5.41, 5.74) is 1.12. The monoisotopic (exact) mass is 313 g/mol. The van der Waals surface area contributed by atoms with Gasteiger partial charge in [-0.15, -0.1) is 0 Å². The maximum absolute atomic E-state index is 13.9. The standard InChI is InChI=1S/C16H18ClF2NO/c1-10(14-8-12(18)3-6-16(14)19)20(2)9-11-7-13(21)4-5-15(11)17/h4-5,7-8,10,21H,3,6,9H2,1-2H3. The molecule has 1 unspecified atom stereocenters. The Bertz CT molecular complexity index is 598. The predicted molar refractivity (Wildman–Crippen MR) is 80.6 cm³/mol. The fraction of sp³-hybridized carbons (Fsp3) is 0.375. The van der Waals surface area contributed by atoms with E-state index >= 15 is 0 Å². The number of likely N-dealkylation sites (N-methyl/N-ethyl adjacent to an activating group) is 1. The Morgan fingerprint density at radius 2 is 2.05 bits per heavy atom. The van der Waals surface area contributed by atoms with Crippen LogP contribution in [0, 0.1) is 0 Å². The number of nitrogens with zero attached hydrogens (tertiary/aromatic N) is 1. The van der Waals surface area contributed by atoms with E-state index < -0.39 is 0 Å². The third-order valence-electron chi connectivity index (χ3n) is 3.77. The summed E-state index contributed by atoms with van der Waals surface area (Å²) < 4.78 is 27.3. The quantitative estimate of drug-likeness (QED) is 0.868. The van der Waals surface area contributed by atoms with Gasteiger partial charge in [0.15, 0.2) is 0 Å². The van der Waals surface area contributed by atoms with E-state index in [1.807, 2.05) is 18.9 Å². The van der Waals surface area contributed by atoms with Crippen molar-refractivity contribution in [2.24, 2.45) is 0 Å². The van der Waals surface area contributed by atoms with E-state index in [9.17, 15) is 13.9 Å². The molecular formula is C16H18ClF2NO. The first-order valence-corrected chi connectivity index (χ1v) is 7.18. The first kappa shape index (κ1) is 16.0. The van der Waals surface area contributed by atoms with Gasteiger partial charge in [-0.3, -0.25) is 4.90 Å². The second-order valence-corrected chi connectivity index (χ2v) is 5.73. The van der Waals surface area contributed by atoms with Crippen molar-refractivity contribution in [2.45, 2.75) is 32.4 Å². The zero-order valence-electron chi connectivity index (χ0n) is 12.0. The lowest BCUT2D eigenvalue weighted by Gasteiger charge is -2.28. The molecule has 0 heterocycles. The van der Waals surface area contributed by atoms with Crippen molar-refractivity contribution in [3.8, 4) is 5.75 Å². The minimum atomic E-state index is -0.290. The summed E-state index contributed by atoms with van der Waals surface area (Å²) in [6.45, 7) is 2.25. The highest BCUT2D eigenvalue weighted by molar-refractivity contribution is 6.31. The SMILES string of the molecule is CC(C1=C(F)CCC(F)=C1)N(C)Cc1cc(O)ccc1Cl. The molecule has 1 aromatic carbocycles. The van der Waals surface area contributed by atoms with Crippen molar-refractivity contribution in [3.63, 3.8) is 0 Å². The Morgan fingerprint density at radius 3 is 2.76 bits per heavy atom. The number of phenolic OH excluding ortho intramolecular Hbond substituents is 1. The Hall–Kier alpha value is -1.39. The lowest BCUT2D eigenvalue weighted by molar-refractivity contribution is 0.275. The Morgan fingerprint density at radius 1 is 1.33 bits per heavy atom. The van der Waals surface area contributed by atoms with E-state index in [2.05, 4.69) is 0 Å². The molecule has 2 nitrogen and oxygen atoms in total. The summed E-state index contributed by atoms with van der Waals surface area (Å²) in [5.74, 6) is -0.427. The molecular weight excluding hydrogens is 296 g/mol. The highest BCUT2D eigenvalue weighted by Gasteiger charge is 2.22. The molecule has 0 bridgehead atoms. The summed E-state index contributed by atoms with van der Waals surface area (Å²) >= 11 is 6.09. The van der Waals surface area contributed by atoms with Gasteiger partial charge in [0.25, 0.3) is 0 Å². The van der Waals surface area contributed by atoms with Crippen LogP contribution in [0.2, 0.25) is 5.02 Å². The number of hydrogen-bond donors (Lipinski definition) is 1. The number of hydrogen-bond acceptors (Lipinski definition) is 2. The number of rotatable bonds is 4. The van der Waals surface area contributed by atoms with Crippen LogP contribution < -0.4 is 0 Å². The highest BCUT2D eigenvalue weighted by Crippen LogP contribution is 2.30. The molecule has 0 saturated heterocycles. The van der Waals surface area contributed by atoms with E-state index in [4.69, 9.17) is 11.6 Å². The van der Waals surface area contributed by atoms with Crippen LogP contribution >= 0.6 is 11.6 Å².